The van der Waals surface area contributed by atoms with Crippen LogP contribution in [-0.4, -0.2) is 30.6 Å². The number of aromatic nitrogens is 1. The second-order valence-electron chi connectivity index (χ2n) is 4.22. The molecule has 0 bridgehead atoms. The maximum absolute atomic E-state index is 11.9. The van der Waals surface area contributed by atoms with E-state index in [1.807, 2.05) is 13.8 Å². The monoisotopic (exact) mass is 238 g/mol. The zero-order chi connectivity index (χ0) is 12.8. The Morgan fingerprint density at radius 1 is 1.47 bits per heavy atom. The number of ether oxygens (including phenoxy) is 1. The molecule has 1 atom stereocenters. The van der Waals surface area contributed by atoms with E-state index in [0.29, 0.717) is 12.2 Å². The van der Waals surface area contributed by atoms with Crippen molar-refractivity contribution in [2.45, 2.75) is 19.9 Å². The van der Waals surface area contributed by atoms with Gasteiger partial charge in [-0.05, 0) is 12.0 Å². The smallest absolute Gasteiger partial charge is 0.253 e. The molecule has 0 fully saturated rings. The molecule has 0 aliphatic heterocycles. The zero-order valence-electron chi connectivity index (χ0n) is 10.3. The molecule has 5 nitrogen and oxygen atoms in total. The van der Waals surface area contributed by atoms with Gasteiger partial charge in [0.05, 0.1) is 18.2 Å². The van der Waals surface area contributed by atoms with Crippen LogP contribution in [0, 0.1) is 5.92 Å². The van der Waals surface area contributed by atoms with Crippen molar-refractivity contribution in [2.75, 3.05) is 13.7 Å². The summed E-state index contributed by atoms with van der Waals surface area (Å²) in [6.45, 7) is 4.49. The molecule has 5 heteroatoms. The first-order valence-corrected chi connectivity index (χ1v) is 5.53. The molecule has 0 aromatic carbocycles. The summed E-state index contributed by atoms with van der Waals surface area (Å²) in [7, 11) is 1.60. The fourth-order valence-electron chi connectivity index (χ4n) is 1.38. The topological polar surface area (TPSA) is 71.2 Å². The minimum atomic E-state index is -0.223. The Morgan fingerprint density at radius 2 is 2.18 bits per heavy atom. The van der Waals surface area contributed by atoms with Crippen LogP contribution < -0.4 is 10.9 Å². The number of hydrogen-bond donors (Lipinski definition) is 2. The minimum absolute atomic E-state index is 0.0422. The number of hydrogen-bond acceptors (Lipinski definition) is 3. The van der Waals surface area contributed by atoms with Crippen molar-refractivity contribution in [3.8, 4) is 0 Å². The molecular weight excluding hydrogens is 220 g/mol. The third-order valence-electron chi connectivity index (χ3n) is 2.51. The molecule has 1 aromatic heterocycles. The molecule has 1 heterocycles. The number of aromatic amines is 1. The highest BCUT2D eigenvalue weighted by atomic mass is 16.5. The molecule has 94 valence electrons. The second-order valence-corrected chi connectivity index (χ2v) is 4.22. The Kier molecular flexibility index (Phi) is 4.90. The van der Waals surface area contributed by atoms with E-state index in [0.717, 1.165) is 0 Å². The fourth-order valence-corrected chi connectivity index (χ4v) is 1.38. The lowest BCUT2D eigenvalue weighted by Crippen LogP contribution is -2.41. The van der Waals surface area contributed by atoms with Crippen molar-refractivity contribution >= 4 is 5.91 Å². The third-order valence-corrected chi connectivity index (χ3v) is 2.51. The lowest BCUT2D eigenvalue weighted by molar-refractivity contribution is 0.0866. The number of H-pyrrole nitrogens is 1. The van der Waals surface area contributed by atoms with Crippen LogP contribution >= 0.6 is 0 Å². The van der Waals surface area contributed by atoms with Crippen molar-refractivity contribution in [3.63, 3.8) is 0 Å². The number of pyridine rings is 1. The third kappa shape index (κ3) is 4.03. The van der Waals surface area contributed by atoms with E-state index in [2.05, 4.69) is 10.3 Å². The van der Waals surface area contributed by atoms with E-state index in [1.54, 1.807) is 7.11 Å². The van der Waals surface area contributed by atoms with Gasteiger partial charge in [0.1, 0.15) is 0 Å². The summed E-state index contributed by atoms with van der Waals surface area (Å²) < 4.78 is 5.05. The second kappa shape index (κ2) is 6.20. The average molecular weight is 238 g/mol. The van der Waals surface area contributed by atoms with Gasteiger partial charge in [-0.2, -0.15) is 0 Å². The van der Waals surface area contributed by atoms with Crippen LogP contribution in [0.2, 0.25) is 0 Å². The Balaban J connectivity index is 2.70. The van der Waals surface area contributed by atoms with Crippen LogP contribution in [0.5, 0.6) is 0 Å². The lowest BCUT2D eigenvalue weighted by Gasteiger charge is -2.21. The van der Waals surface area contributed by atoms with Gasteiger partial charge >= 0.3 is 0 Å². The van der Waals surface area contributed by atoms with Gasteiger partial charge in [0.25, 0.3) is 5.91 Å². The van der Waals surface area contributed by atoms with Gasteiger partial charge in [-0.3, -0.25) is 9.59 Å². The number of nitrogens with one attached hydrogen (secondary N) is 2. The van der Waals surface area contributed by atoms with E-state index in [1.165, 1.54) is 18.3 Å². The molecule has 0 aliphatic carbocycles. The molecule has 1 unspecified atom stereocenters. The quantitative estimate of drug-likeness (QED) is 0.796. The maximum Gasteiger partial charge on any atom is 0.253 e. The van der Waals surface area contributed by atoms with E-state index < -0.39 is 0 Å². The summed E-state index contributed by atoms with van der Waals surface area (Å²) in [6.07, 6.45) is 1.40. The Labute approximate surface area is 100 Å². The number of amides is 1. The van der Waals surface area contributed by atoms with Gasteiger partial charge in [-0.1, -0.05) is 13.8 Å². The van der Waals surface area contributed by atoms with Gasteiger partial charge in [0.15, 0.2) is 0 Å². The molecule has 0 radical (unpaired) electrons. The molecule has 2 N–H and O–H groups in total. The number of rotatable bonds is 5. The summed E-state index contributed by atoms with van der Waals surface area (Å²) >= 11 is 0. The van der Waals surface area contributed by atoms with E-state index in [-0.39, 0.29) is 23.4 Å². The molecular formula is C12H18N2O3. The van der Waals surface area contributed by atoms with Gasteiger partial charge in [0, 0.05) is 19.4 Å². The Hall–Kier alpha value is -1.62. The molecule has 0 aliphatic rings. The van der Waals surface area contributed by atoms with Gasteiger partial charge < -0.3 is 15.0 Å². The molecule has 1 amide bonds. The van der Waals surface area contributed by atoms with Crippen LogP contribution in [0.4, 0.5) is 0 Å². The Bertz CT molecular complexity index is 406. The number of carbonyl (C=O) groups is 1. The standard InChI is InChI=1S/C12H18N2O3/c1-8(2)10(7-17-3)14-12(16)9-4-5-11(15)13-6-9/h4-6,8,10H,7H2,1-3H3,(H,13,15)(H,14,16). The largest absolute Gasteiger partial charge is 0.383 e. The van der Waals surface area contributed by atoms with Crippen molar-refractivity contribution in [3.05, 3.63) is 34.2 Å². The van der Waals surface area contributed by atoms with Gasteiger partial charge in [-0.25, -0.2) is 0 Å². The predicted octanol–water partition coefficient (Wildman–Crippen LogP) is 0.776. The van der Waals surface area contributed by atoms with Crippen LogP contribution in [0.25, 0.3) is 0 Å². The molecule has 0 saturated carbocycles. The van der Waals surface area contributed by atoms with Crippen molar-refractivity contribution in [1.29, 1.82) is 0 Å². The average Bonchev–Trinajstić information content (AvgIpc) is 2.29. The Morgan fingerprint density at radius 3 is 2.65 bits per heavy atom. The van der Waals surface area contributed by atoms with Crippen LogP contribution in [-0.2, 0) is 4.74 Å². The fraction of sp³-hybridized carbons (Fsp3) is 0.500. The molecule has 0 saturated heterocycles. The van der Waals surface area contributed by atoms with E-state index in [4.69, 9.17) is 4.74 Å². The van der Waals surface area contributed by atoms with Gasteiger partial charge in [0.2, 0.25) is 5.56 Å². The first-order chi connectivity index (χ1) is 8.04. The molecule has 0 spiro atoms. The highest BCUT2D eigenvalue weighted by Gasteiger charge is 2.16. The number of methoxy groups -OCH3 is 1. The lowest BCUT2D eigenvalue weighted by atomic mass is 10.1. The predicted molar refractivity (Wildman–Crippen MR) is 65.0 cm³/mol. The highest BCUT2D eigenvalue weighted by Crippen LogP contribution is 2.03. The summed E-state index contributed by atoms with van der Waals surface area (Å²) in [5, 5.41) is 2.87. The summed E-state index contributed by atoms with van der Waals surface area (Å²) in [5.41, 5.74) is 0.213. The maximum atomic E-state index is 11.9. The first-order valence-electron chi connectivity index (χ1n) is 5.53. The van der Waals surface area contributed by atoms with Crippen LogP contribution in [0.1, 0.15) is 24.2 Å². The van der Waals surface area contributed by atoms with Gasteiger partial charge in [-0.15, -0.1) is 0 Å². The highest BCUT2D eigenvalue weighted by molar-refractivity contribution is 5.94. The summed E-state index contributed by atoms with van der Waals surface area (Å²) in [6, 6.07) is 2.79. The molecule has 17 heavy (non-hydrogen) atoms. The summed E-state index contributed by atoms with van der Waals surface area (Å²) in [4.78, 5) is 25.2. The SMILES string of the molecule is COCC(NC(=O)c1ccc(=O)[nH]c1)C(C)C. The van der Waals surface area contributed by atoms with Crippen molar-refractivity contribution in [1.82, 2.24) is 10.3 Å². The van der Waals surface area contributed by atoms with E-state index >= 15 is 0 Å². The zero-order valence-corrected chi connectivity index (χ0v) is 10.3. The molecule has 1 aromatic rings. The van der Waals surface area contributed by atoms with Crippen LogP contribution in [0.15, 0.2) is 23.1 Å². The normalized spacial score (nSPS) is 12.5. The van der Waals surface area contributed by atoms with Crippen LogP contribution in [0.3, 0.4) is 0 Å². The number of carbonyl (C=O) groups excluding carboxylic acids is 1. The van der Waals surface area contributed by atoms with Crippen molar-refractivity contribution < 1.29 is 9.53 Å². The van der Waals surface area contributed by atoms with Crippen molar-refractivity contribution in [2.24, 2.45) is 5.92 Å². The minimum Gasteiger partial charge on any atom is -0.383 e. The van der Waals surface area contributed by atoms with E-state index in [9.17, 15) is 9.59 Å². The first kappa shape index (κ1) is 13.4. The summed E-state index contributed by atoms with van der Waals surface area (Å²) in [5.74, 6) is 0.0682. The molecule has 1 rings (SSSR count).